The maximum atomic E-state index is 12.1. The second kappa shape index (κ2) is 6.02. The van der Waals surface area contributed by atoms with Crippen LogP contribution in [-0.4, -0.2) is 47.8 Å². The number of hydrogen-bond donors (Lipinski definition) is 0. The molecule has 0 amide bonds. The molecular weight excluding hydrogens is 230 g/mol. The Morgan fingerprint density at radius 1 is 1.50 bits per heavy atom. The number of carbonyl (C=O) groups excluding carboxylic acids is 1. The summed E-state index contributed by atoms with van der Waals surface area (Å²) >= 11 is 0. The molecule has 0 radical (unpaired) electrons. The Morgan fingerprint density at radius 3 is 2.61 bits per heavy atom. The lowest BCUT2D eigenvalue weighted by atomic mass is 10.1. The highest BCUT2D eigenvalue weighted by molar-refractivity contribution is 5.75. The maximum absolute atomic E-state index is 12.1. The van der Waals surface area contributed by atoms with Gasteiger partial charge in [-0.15, -0.1) is 0 Å². The van der Waals surface area contributed by atoms with E-state index in [4.69, 9.17) is 9.47 Å². The normalized spacial score (nSPS) is 27.9. The van der Waals surface area contributed by atoms with Gasteiger partial charge < -0.3 is 9.47 Å². The van der Waals surface area contributed by atoms with Crippen LogP contribution in [0.2, 0.25) is 0 Å². The van der Waals surface area contributed by atoms with Crippen molar-refractivity contribution < 1.29 is 14.3 Å². The summed E-state index contributed by atoms with van der Waals surface area (Å²) in [6, 6.07) is 0.101. The second-order valence-corrected chi connectivity index (χ2v) is 6.11. The predicted molar refractivity (Wildman–Crippen MR) is 71.5 cm³/mol. The van der Waals surface area contributed by atoms with Crippen molar-refractivity contribution in [1.29, 1.82) is 0 Å². The van der Waals surface area contributed by atoms with E-state index in [0.717, 1.165) is 13.0 Å². The van der Waals surface area contributed by atoms with E-state index in [2.05, 4.69) is 11.8 Å². The van der Waals surface area contributed by atoms with Gasteiger partial charge in [0.15, 0.2) is 0 Å². The SMILES string of the molecule is CCC1COC(C)CN1C(C)C(=O)OC(C)(C)C. The van der Waals surface area contributed by atoms with Gasteiger partial charge in [-0.25, -0.2) is 0 Å². The Balaban J connectivity index is 2.67. The summed E-state index contributed by atoms with van der Waals surface area (Å²) in [6.07, 6.45) is 1.16. The van der Waals surface area contributed by atoms with Gasteiger partial charge >= 0.3 is 5.97 Å². The fourth-order valence-electron chi connectivity index (χ4n) is 2.22. The van der Waals surface area contributed by atoms with Crippen LogP contribution in [0.25, 0.3) is 0 Å². The smallest absolute Gasteiger partial charge is 0.323 e. The number of carbonyl (C=O) groups is 1. The zero-order valence-electron chi connectivity index (χ0n) is 12.5. The molecule has 1 heterocycles. The molecular formula is C14H27NO3. The van der Waals surface area contributed by atoms with Crippen molar-refractivity contribution in [3.05, 3.63) is 0 Å². The van der Waals surface area contributed by atoms with Crippen LogP contribution >= 0.6 is 0 Å². The van der Waals surface area contributed by atoms with Gasteiger partial charge in [0, 0.05) is 12.6 Å². The van der Waals surface area contributed by atoms with Gasteiger partial charge in [0.05, 0.1) is 12.7 Å². The number of hydrogen-bond acceptors (Lipinski definition) is 4. The third-order valence-corrected chi connectivity index (χ3v) is 3.23. The van der Waals surface area contributed by atoms with Crippen molar-refractivity contribution in [1.82, 2.24) is 4.90 Å². The zero-order valence-corrected chi connectivity index (χ0v) is 12.5. The summed E-state index contributed by atoms with van der Waals surface area (Å²) in [5.74, 6) is -0.143. The minimum Gasteiger partial charge on any atom is -0.459 e. The van der Waals surface area contributed by atoms with Gasteiger partial charge in [-0.1, -0.05) is 6.92 Å². The summed E-state index contributed by atoms with van der Waals surface area (Å²) in [7, 11) is 0. The molecule has 0 N–H and O–H groups in total. The van der Waals surface area contributed by atoms with E-state index in [1.807, 2.05) is 34.6 Å². The first-order valence-corrected chi connectivity index (χ1v) is 6.84. The summed E-state index contributed by atoms with van der Waals surface area (Å²) in [6.45, 7) is 13.3. The van der Waals surface area contributed by atoms with Crippen molar-refractivity contribution >= 4 is 5.97 Å². The molecule has 0 bridgehead atoms. The van der Waals surface area contributed by atoms with Crippen LogP contribution in [0.15, 0.2) is 0 Å². The lowest BCUT2D eigenvalue weighted by Gasteiger charge is -2.41. The van der Waals surface area contributed by atoms with Crippen LogP contribution in [-0.2, 0) is 14.3 Å². The predicted octanol–water partition coefficient (Wildman–Crippen LogP) is 2.22. The lowest BCUT2D eigenvalue weighted by Crippen LogP contribution is -2.55. The van der Waals surface area contributed by atoms with E-state index >= 15 is 0 Å². The average Bonchev–Trinajstić information content (AvgIpc) is 2.25. The molecule has 0 spiro atoms. The molecule has 1 aliphatic rings. The zero-order chi connectivity index (χ0) is 13.9. The van der Waals surface area contributed by atoms with Crippen LogP contribution in [0.1, 0.15) is 48.0 Å². The fourth-order valence-corrected chi connectivity index (χ4v) is 2.22. The standard InChI is InChI=1S/C14H27NO3/c1-7-12-9-17-10(2)8-15(12)11(3)13(16)18-14(4,5)6/h10-12H,7-9H2,1-6H3. The molecule has 1 rings (SSSR count). The maximum Gasteiger partial charge on any atom is 0.323 e. The van der Waals surface area contributed by atoms with Crippen molar-refractivity contribution in [3.63, 3.8) is 0 Å². The molecule has 1 saturated heterocycles. The van der Waals surface area contributed by atoms with Crippen molar-refractivity contribution in [3.8, 4) is 0 Å². The fraction of sp³-hybridized carbons (Fsp3) is 0.929. The van der Waals surface area contributed by atoms with E-state index in [1.54, 1.807) is 0 Å². The second-order valence-electron chi connectivity index (χ2n) is 6.11. The molecule has 4 heteroatoms. The molecule has 4 nitrogen and oxygen atoms in total. The highest BCUT2D eigenvalue weighted by Crippen LogP contribution is 2.19. The molecule has 3 unspecified atom stereocenters. The highest BCUT2D eigenvalue weighted by atomic mass is 16.6. The van der Waals surface area contributed by atoms with Gasteiger partial charge in [0.25, 0.3) is 0 Å². The van der Waals surface area contributed by atoms with Crippen LogP contribution in [0.4, 0.5) is 0 Å². The third-order valence-electron chi connectivity index (χ3n) is 3.23. The van der Waals surface area contributed by atoms with Crippen LogP contribution in [0.5, 0.6) is 0 Å². The number of morpholine rings is 1. The van der Waals surface area contributed by atoms with Gasteiger partial charge in [0.2, 0.25) is 0 Å². The number of esters is 1. The van der Waals surface area contributed by atoms with Gasteiger partial charge in [-0.2, -0.15) is 0 Å². The summed E-state index contributed by atoms with van der Waals surface area (Å²) in [4.78, 5) is 14.3. The lowest BCUT2D eigenvalue weighted by molar-refractivity contribution is -0.166. The molecule has 18 heavy (non-hydrogen) atoms. The van der Waals surface area contributed by atoms with Crippen LogP contribution in [0.3, 0.4) is 0 Å². The summed E-state index contributed by atoms with van der Waals surface area (Å²) < 4.78 is 11.1. The van der Waals surface area contributed by atoms with Crippen molar-refractivity contribution in [2.45, 2.75) is 71.8 Å². The van der Waals surface area contributed by atoms with Crippen LogP contribution in [0, 0.1) is 0 Å². The van der Waals surface area contributed by atoms with E-state index < -0.39 is 5.60 Å². The molecule has 106 valence electrons. The van der Waals surface area contributed by atoms with E-state index in [1.165, 1.54) is 0 Å². The first-order chi connectivity index (χ1) is 8.24. The number of nitrogens with zero attached hydrogens (tertiary/aromatic N) is 1. The van der Waals surface area contributed by atoms with Crippen molar-refractivity contribution in [2.24, 2.45) is 0 Å². The number of ether oxygens (including phenoxy) is 2. The molecule has 0 aliphatic carbocycles. The first kappa shape index (κ1) is 15.4. The first-order valence-electron chi connectivity index (χ1n) is 6.84. The van der Waals surface area contributed by atoms with Gasteiger partial charge in [-0.3, -0.25) is 9.69 Å². The Hall–Kier alpha value is -0.610. The molecule has 0 saturated carbocycles. The quantitative estimate of drug-likeness (QED) is 0.727. The minimum absolute atomic E-state index is 0.143. The van der Waals surface area contributed by atoms with Gasteiger partial charge in [0.1, 0.15) is 11.6 Å². The largest absolute Gasteiger partial charge is 0.459 e. The Morgan fingerprint density at radius 2 is 2.11 bits per heavy atom. The van der Waals surface area contributed by atoms with Crippen LogP contribution < -0.4 is 0 Å². The molecule has 3 atom stereocenters. The number of rotatable bonds is 3. The Kier molecular flexibility index (Phi) is 5.17. The summed E-state index contributed by atoms with van der Waals surface area (Å²) in [5, 5.41) is 0. The molecule has 1 aliphatic heterocycles. The Labute approximate surface area is 111 Å². The minimum atomic E-state index is -0.426. The topological polar surface area (TPSA) is 38.8 Å². The molecule has 0 aromatic rings. The monoisotopic (exact) mass is 257 g/mol. The van der Waals surface area contributed by atoms with E-state index in [0.29, 0.717) is 12.6 Å². The van der Waals surface area contributed by atoms with E-state index in [9.17, 15) is 4.79 Å². The van der Waals surface area contributed by atoms with Gasteiger partial charge in [-0.05, 0) is 41.0 Å². The average molecular weight is 257 g/mol. The highest BCUT2D eigenvalue weighted by Gasteiger charge is 2.34. The third kappa shape index (κ3) is 4.25. The molecule has 0 aromatic heterocycles. The molecule has 1 fully saturated rings. The van der Waals surface area contributed by atoms with E-state index in [-0.39, 0.29) is 18.1 Å². The summed E-state index contributed by atoms with van der Waals surface area (Å²) in [5.41, 5.74) is -0.426. The van der Waals surface area contributed by atoms with Crippen molar-refractivity contribution in [2.75, 3.05) is 13.2 Å². The molecule has 0 aromatic carbocycles. The Bertz CT molecular complexity index is 285.